The first kappa shape index (κ1) is 22.9. The van der Waals surface area contributed by atoms with Crippen molar-refractivity contribution in [2.75, 3.05) is 53.5 Å². The van der Waals surface area contributed by atoms with E-state index in [0.717, 1.165) is 51.8 Å². The van der Waals surface area contributed by atoms with Gasteiger partial charge in [-0.05, 0) is 45.2 Å². The highest BCUT2D eigenvalue weighted by Gasteiger charge is 2.33. The molecule has 0 atom stereocenters. The van der Waals surface area contributed by atoms with E-state index in [4.69, 9.17) is 4.74 Å². The summed E-state index contributed by atoms with van der Waals surface area (Å²) in [4.78, 5) is 6.64. The lowest BCUT2D eigenvalue weighted by Crippen LogP contribution is -2.45. The smallest absolute Gasteiger partial charge is 0.191 e. The summed E-state index contributed by atoms with van der Waals surface area (Å²) in [6, 6.07) is 0. The number of ether oxygens (including phenoxy) is 1. The third-order valence-electron chi connectivity index (χ3n) is 4.83. The van der Waals surface area contributed by atoms with Gasteiger partial charge < -0.3 is 20.3 Å². The van der Waals surface area contributed by atoms with Crippen molar-refractivity contribution in [1.82, 2.24) is 15.5 Å². The van der Waals surface area contributed by atoms with Gasteiger partial charge in [0.15, 0.2) is 5.96 Å². The fourth-order valence-corrected chi connectivity index (χ4v) is 3.09. The van der Waals surface area contributed by atoms with Crippen LogP contribution in [0.4, 0.5) is 0 Å². The Kier molecular flexibility index (Phi) is 13.2. The van der Waals surface area contributed by atoms with E-state index >= 15 is 0 Å². The highest BCUT2D eigenvalue weighted by Crippen LogP contribution is 2.40. The van der Waals surface area contributed by atoms with Gasteiger partial charge in [0.25, 0.3) is 0 Å². The lowest BCUT2D eigenvalue weighted by molar-refractivity contribution is 0.105. The van der Waals surface area contributed by atoms with E-state index in [2.05, 4.69) is 41.4 Å². The molecule has 23 heavy (non-hydrogen) atoms. The number of hydrogen-bond acceptors (Lipinski definition) is 3. The quantitative estimate of drug-likeness (QED) is 0.237. The topological polar surface area (TPSA) is 48.9 Å². The van der Waals surface area contributed by atoms with Gasteiger partial charge in [0.2, 0.25) is 0 Å². The van der Waals surface area contributed by atoms with Gasteiger partial charge >= 0.3 is 0 Å². The van der Waals surface area contributed by atoms with Crippen molar-refractivity contribution in [1.29, 1.82) is 0 Å². The van der Waals surface area contributed by atoms with E-state index in [1.165, 1.54) is 25.7 Å². The molecule has 0 amide bonds. The zero-order valence-electron chi connectivity index (χ0n) is 15.5. The number of halogens is 1. The molecule has 0 aromatic rings. The molecule has 6 heteroatoms. The number of aliphatic imine (C=N–C) groups is 1. The third-order valence-corrected chi connectivity index (χ3v) is 4.83. The summed E-state index contributed by atoms with van der Waals surface area (Å²) in [6.07, 6.45) is 6.47. The highest BCUT2D eigenvalue weighted by molar-refractivity contribution is 14.0. The average molecular weight is 440 g/mol. The summed E-state index contributed by atoms with van der Waals surface area (Å²) < 4.78 is 5.58. The number of guanidine groups is 1. The monoisotopic (exact) mass is 440 g/mol. The zero-order chi connectivity index (χ0) is 16.3. The van der Waals surface area contributed by atoms with Crippen molar-refractivity contribution in [3.05, 3.63) is 0 Å². The van der Waals surface area contributed by atoms with Crippen LogP contribution in [0.1, 0.15) is 46.0 Å². The van der Waals surface area contributed by atoms with Crippen molar-refractivity contribution >= 4 is 29.9 Å². The minimum atomic E-state index is 0. The van der Waals surface area contributed by atoms with Gasteiger partial charge in [-0.2, -0.15) is 0 Å². The van der Waals surface area contributed by atoms with Crippen molar-refractivity contribution in [3.8, 4) is 0 Å². The molecule has 0 bridgehead atoms. The molecule has 0 unspecified atom stereocenters. The molecule has 1 saturated carbocycles. The van der Waals surface area contributed by atoms with Crippen molar-refractivity contribution in [2.45, 2.75) is 46.0 Å². The molecule has 0 heterocycles. The second kappa shape index (κ2) is 13.2. The first-order valence-electron chi connectivity index (χ1n) is 8.86. The van der Waals surface area contributed by atoms with E-state index in [0.29, 0.717) is 5.41 Å². The van der Waals surface area contributed by atoms with Crippen LogP contribution in [0.2, 0.25) is 0 Å². The standard InChI is InChI=1S/C17H36N4O.HI/c1-5-21(4)13-12-19-16(18-3)20-15-17(9-7-8-10-17)11-14-22-6-2;/h5-15H2,1-4H3,(H2,18,19,20);1H. The summed E-state index contributed by atoms with van der Waals surface area (Å²) in [7, 11) is 3.99. The molecule has 0 spiro atoms. The second-order valence-corrected chi connectivity index (χ2v) is 6.40. The molecular formula is C17H37IN4O. The van der Waals surface area contributed by atoms with Crippen molar-refractivity contribution in [3.63, 3.8) is 0 Å². The van der Waals surface area contributed by atoms with E-state index in [9.17, 15) is 0 Å². The summed E-state index contributed by atoms with van der Waals surface area (Å²) in [5.41, 5.74) is 0.396. The molecule has 0 aromatic carbocycles. The van der Waals surface area contributed by atoms with Gasteiger partial charge in [0, 0.05) is 39.9 Å². The molecular weight excluding hydrogens is 403 g/mol. The van der Waals surface area contributed by atoms with Gasteiger partial charge in [-0.15, -0.1) is 24.0 Å². The number of likely N-dealkylation sites (N-methyl/N-ethyl adjacent to an activating group) is 1. The molecule has 1 aliphatic carbocycles. The molecule has 138 valence electrons. The van der Waals surface area contributed by atoms with Crippen LogP contribution in [-0.2, 0) is 4.74 Å². The zero-order valence-corrected chi connectivity index (χ0v) is 17.8. The Morgan fingerprint density at radius 1 is 1.22 bits per heavy atom. The maximum absolute atomic E-state index is 5.58. The Bertz CT molecular complexity index is 320. The van der Waals surface area contributed by atoms with Crippen LogP contribution in [0.3, 0.4) is 0 Å². The van der Waals surface area contributed by atoms with Gasteiger partial charge in [0.1, 0.15) is 0 Å². The normalized spacial score (nSPS) is 17.2. The molecule has 2 N–H and O–H groups in total. The highest BCUT2D eigenvalue weighted by atomic mass is 127. The number of hydrogen-bond donors (Lipinski definition) is 2. The van der Waals surface area contributed by atoms with Crippen molar-refractivity contribution < 1.29 is 4.74 Å². The molecule has 0 aliphatic heterocycles. The minimum absolute atomic E-state index is 0. The Hall–Kier alpha value is -0.0800. The second-order valence-electron chi connectivity index (χ2n) is 6.40. The molecule has 0 saturated heterocycles. The van der Waals surface area contributed by atoms with Crippen LogP contribution in [0.15, 0.2) is 4.99 Å². The predicted molar refractivity (Wildman–Crippen MR) is 110 cm³/mol. The Balaban J connectivity index is 0.00000484. The van der Waals surface area contributed by atoms with Crippen LogP contribution < -0.4 is 10.6 Å². The average Bonchev–Trinajstić information content (AvgIpc) is 2.99. The third kappa shape index (κ3) is 9.10. The number of nitrogens with one attached hydrogen (secondary N) is 2. The maximum Gasteiger partial charge on any atom is 0.191 e. The van der Waals surface area contributed by atoms with E-state index < -0.39 is 0 Å². The van der Waals surface area contributed by atoms with Gasteiger partial charge in [-0.3, -0.25) is 4.99 Å². The van der Waals surface area contributed by atoms with Crippen LogP contribution in [0.5, 0.6) is 0 Å². The fraction of sp³-hybridized carbons (Fsp3) is 0.941. The lowest BCUT2D eigenvalue weighted by Gasteiger charge is -2.30. The molecule has 1 aliphatic rings. The molecule has 0 aromatic heterocycles. The van der Waals surface area contributed by atoms with Crippen LogP contribution in [0.25, 0.3) is 0 Å². The molecule has 1 rings (SSSR count). The van der Waals surface area contributed by atoms with Crippen molar-refractivity contribution in [2.24, 2.45) is 10.4 Å². The summed E-state index contributed by atoms with van der Waals surface area (Å²) in [6.45, 7) is 9.98. The Labute approximate surface area is 160 Å². The SMILES string of the molecule is CCOCCC1(CNC(=NC)NCCN(C)CC)CCCC1.I. The number of nitrogens with zero attached hydrogens (tertiary/aromatic N) is 2. The molecule has 1 fully saturated rings. The van der Waals surface area contributed by atoms with E-state index in [1.807, 2.05) is 7.05 Å². The largest absolute Gasteiger partial charge is 0.382 e. The summed E-state index contributed by atoms with van der Waals surface area (Å²) >= 11 is 0. The van der Waals surface area contributed by atoms with E-state index in [-0.39, 0.29) is 24.0 Å². The van der Waals surface area contributed by atoms with Gasteiger partial charge in [-0.1, -0.05) is 19.8 Å². The maximum atomic E-state index is 5.58. The molecule has 0 radical (unpaired) electrons. The van der Waals surface area contributed by atoms with Gasteiger partial charge in [-0.25, -0.2) is 0 Å². The summed E-state index contributed by atoms with van der Waals surface area (Å²) in [5, 5.41) is 6.94. The van der Waals surface area contributed by atoms with Crippen LogP contribution in [0, 0.1) is 5.41 Å². The van der Waals surface area contributed by atoms with Gasteiger partial charge in [0.05, 0.1) is 0 Å². The lowest BCUT2D eigenvalue weighted by atomic mass is 9.83. The Morgan fingerprint density at radius 3 is 2.48 bits per heavy atom. The number of rotatable bonds is 10. The first-order chi connectivity index (χ1) is 10.7. The predicted octanol–water partition coefficient (Wildman–Crippen LogP) is 2.71. The molecule has 5 nitrogen and oxygen atoms in total. The Morgan fingerprint density at radius 2 is 1.91 bits per heavy atom. The van der Waals surface area contributed by atoms with Crippen LogP contribution >= 0.6 is 24.0 Å². The van der Waals surface area contributed by atoms with E-state index in [1.54, 1.807) is 0 Å². The fourth-order valence-electron chi connectivity index (χ4n) is 3.09. The first-order valence-corrected chi connectivity index (χ1v) is 8.86. The summed E-state index contributed by atoms with van der Waals surface area (Å²) in [5.74, 6) is 0.923. The minimum Gasteiger partial charge on any atom is -0.382 e. The van der Waals surface area contributed by atoms with Crippen LogP contribution in [-0.4, -0.2) is 64.3 Å².